The zero-order valence-corrected chi connectivity index (χ0v) is 19.3. The number of carbonyl (C=O) groups excluding carboxylic acids is 2. The van der Waals surface area contributed by atoms with Gasteiger partial charge in [0.25, 0.3) is 5.91 Å². The maximum Gasteiger partial charge on any atom is 0.309 e. The van der Waals surface area contributed by atoms with Crippen molar-refractivity contribution in [1.29, 1.82) is 0 Å². The van der Waals surface area contributed by atoms with Crippen LogP contribution in [0.5, 0.6) is 0 Å². The van der Waals surface area contributed by atoms with Crippen molar-refractivity contribution in [2.75, 3.05) is 11.5 Å². The lowest BCUT2D eigenvalue weighted by atomic mass is 9.89. The highest BCUT2D eigenvalue weighted by Gasteiger charge is 2.26. The molecule has 4 rings (SSSR count). The SMILES string of the molecule is O=C(OCC(=O)N(Cc1ccccc1)c1nc(-c2ccc(Cl)cc2)cs1)C1CCCCC1. The molecule has 1 saturated carbocycles. The summed E-state index contributed by atoms with van der Waals surface area (Å²) >= 11 is 7.38. The van der Waals surface area contributed by atoms with E-state index in [1.54, 1.807) is 4.90 Å². The number of esters is 1. The van der Waals surface area contributed by atoms with Gasteiger partial charge in [0.05, 0.1) is 18.2 Å². The normalized spacial score (nSPS) is 14.2. The van der Waals surface area contributed by atoms with E-state index in [4.69, 9.17) is 16.3 Å². The van der Waals surface area contributed by atoms with Gasteiger partial charge in [-0.2, -0.15) is 0 Å². The van der Waals surface area contributed by atoms with Gasteiger partial charge >= 0.3 is 5.97 Å². The molecule has 0 radical (unpaired) electrons. The first-order valence-electron chi connectivity index (χ1n) is 10.8. The van der Waals surface area contributed by atoms with E-state index in [2.05, 4.69) is 4.98 Å². The fourth-order valence-electron chi connectivity index (χ4n) is 3.84. The number of ether oxygens (including phenoxy) is 1. The number of hydrogen-bond donors (Lipinski definition) is 0. The van der Waals surface area contributed by atoms with Gasteiger partial charge in [0.15, 0.2) is 11.7 Å². The number of nitrogens with zero attached hydrogens (tertiary/aromatic N) is 2. The third kappa shape index (κ3) is 5.75. The van der Waals surface area contributed by atoms with E-state index in [9.17, 15) is 9.59 Å². The van der Waals surface area contributed by atoms with Crippen LogP contribution < -0.4 is 4.90 Å². The summed E-state index contributed by atoms with van der Waals surface area (Å²) in [4.78, 5) is 31.8. The van der Waals surface area contributed by atoms with Crippen molar-refractivity contribution in [2.45, 2.75) is 38.6 Å². The molecule has 0 spiro atoms. The number of hydrogen-bond acceptors (Lipinski definition) is 5. The quantitative estimate of drug-likeness (QED) is 0.392. The zero-order chi connectivity index (χ0) is 22.3. The van der Waals surface area contributed by atoms with Crippen molar-refractivity contribution in [1.82, 2.24) is 4.98 Å². The van der Waals surface area contributed by atoms with E-state index in [0.29, 0.717) is 16.7 Å². The summed E-state index contributed by atoms with van der Waals surface area (Å²) in [6.07, 6.45) is 4.93. The van der Waals surface area contributed by atoms with E-state index < -0.39 is 0 Å². The Morgan fingerprint density at radius 3 is 2.47 bits per heavy atom. The van der Waals surface area contributed by atoms with Crippen molar-refractivity contribution >= 4 is 39.9 Å². The summed E-state index contributed by atoms with van der Waals surface area (Å²) in [6, 6.07) is 17.1. The predicted octanol–water partition coefficient (Wildman–Crippen LogP) is 6.12. The molecule has 0 bridgehead atoms. The topological polar surface area (TPSA) is 59.5 Å². The van der Waals surface area contributed by atoms with Gasteiger partial charge in [0.1, 0.15) is 0 Å². The molecule has 2 aromatic carbocycles. The first kappa shape index (κ1) is 22.5. The van der Waals surface area contributed by atoms with Crippen LogP contribution in [0.15, 0.2) is 60.0 Å². The highest BCUT2D eigenvalue weighted by Crippen LogP contribution is 2.30. The average Bonchev–Trinajstić information content (AvgIpc) is 3.32. The van der Waals surface area contributed by atoms with E-state index in [-0.39, 0.29) is 24.4 Å². The van der Waals surface area contributed by atoms with E-state index in [1.165, 1.54) is 11.3 Å². The van der Waals surface area contributed by atoms with Crippen LogP contribution >= 0.6 is 22.9 Å². The Labute approximate surface area is 197 Å². The minimum Gasteiger partial charge on any atom is -0.455 e. The van der Waals surface area contributed by atoms with Crippen molar-refractivity contribution < 1.29 is 14.3 Å². The van der Waals surface area contributed by atoms with Gasteiger partial charge in [-0.3, -0.25) is 14.5 Å². The van der Waals surface area contributed by atoms with Gasteiger partial charge in [0, 0.05) is 16.0 Å². The number of thiazole rings is 1. The second-order valence-electron chi connectivity index (χ2n) is 7.93. The molecule has 0 atom stereocenters. The van der Waals surface area contributed by atoms with Crippen LogP contribution in [0.4, 0.5) is 5.13 Å². The predicted molar refractivity (Wildman–Crippen MR) is 128 cm³/mol. The van der Waals surface area contributed by atoms with Crippen LogP contribution in [0, 0.1) is 5.92 Å². The first-order valence-corrected chi connectivity index (χ1v) is 12.1. The molecule has 1 aliphatic carbocycles. The van der Waals surface area contributed by atoms with Gasteiger partial charge < -0.3 is 4.74 Å². The second-order valence-corrected chi connectivity index (χ2v) is 9.20. The van der Waals surface area contributed by atoms with E-state index in [1.807, 2.05) is 60.0 Å². The Morgan fingerprint density at radius 1 is 1.03 bits per heavy atom. The lowest BCUT2D eigenvalue weighted by Gasteiger charge is -2.22. The van der Waals surface area contributed by atoms with Gasteiger partial charge in [-0.05, 0) is 30.5 Å². The molecular formula is C25H25ClN2O3S. The van der Waals surface area contributed by atoms with Crippen LogP contribution in [-0.4, -0.2) is 23.5 Å². The number of halogens is 1. The molecule has 0 N–H and O–H groups in total. The molecule has 5 nitrogen and oxygen atoms in total. The minimum atomic E-state index is -0.282. The number of carbonyl (C=O) groups is 2. The molecule has 1 amide bonds. The highest BCUT2D eigenvalue weighted by atomic mass is 35.5. The summed E-state index contributed by atoms with van der Waals surface area (Å²) in [5, 5.41) is 3.14. The third-order valence-corrected chi connectivity index (χ3v) is 6.74. The summed E-state index contributed by atoms with van der Waals surface area (Å²) in [7, 11) is 0. The van der Waals surface area contributed by atoms with Crippen LogP contribution in [-0.2, 0) is 20.9 Å². The molecule has 1 fully saturated rings. The van der Waals surface area contributed by atoms with Crippen LogP contribution in [0.1, 0.15) is 37.7 Å². The minimum absolute atomic E-state index is 0.0875. The monoisotopic (exact) mass is 468 g/mol. The molecule has 7 heteroatoms. The summed E-state index contributed by atoms with van der Waals surface area (Å²) in [6.45, 7) is 0.0756. The Morgan fingerprint density at radius 2 is 1.75 bits per heavy atom. The zero-order valence-electron chi connectivity index (χ0n) is 17.7. The molecular weight excluding hydrogens is 444 g/mol. The number of amides is 1. The lowest BCUT2D eigenvalue weighted by molar-refractivity contribution is -0.153. The smallest absolute Gasteiger partial charge is 0.309 e. The first-order chi connectivity index (χ1) is 15.6. The molecule has 0 aliphatic heterocycles. The Balaban J connectivity index is 1.50. The molecule has 32 heavy (non-hydrogen) atoms. The number of rotatable bonds is 7. The number of anilines is 1. The molecule has 0 saturated heterocycles. The second kappa shape index (κ2) is 10.7. The number of aromatic nitrogens is 1. The van der Waals surface area contributed by atoms with Crippen LogP contribution in [0.25, 0.3) is 11.3 Å². The maximum absolute atomic E-state index is 13.1. The van der Waals surface area contributed by atoms with Crippen molar-refractivity contribution in [2.24, 2.45) is 5.92 Å². The summed E-state index contributed by atoms with van der Waals surface area (Å²) in [5.41, 5.74) is 2.67. The molecule has 1 aromatic heterocycles. The molecule has 166 valence electrons. The Hall–Kier alpha value is -2.70. The lowest BCUT2D eigenvalue weighted by Crippen LogP contribution is -2.35. The third-order valence-electron chi connectivity index (χ3n) is 5.62. The van der Waals surface area contributed by atoms with Gasteiger partial charge in [-0.25, -0.2) is 4.98 Å². The van der Waals surface area contributed by atoms with Crippen LogP contribution in [0.3, 0.4) is 0 Å². The van der Waals surface area contributed by atoms with Gasteiger partial charge in [-0.15, -0.1) is 11.3 Å². The van der Waals surface area contributed by atoms with Gasteiger partial charge in [-0.1, -0.05) is 73.3 Å². The van der Waals surface area contributed by atoms with Crippen molar-refractivity contribution in [3.63, 3.8) is 0 Å². The van der Waals surface area contributed by atoms with Crippen molar-refractivity contribution in [3.05, 3.63) is 70.6 Å². The molecule has 1 heterocycles. The highest BCUT2D eigenvalue weighted by molar-refractivity contribution is 7.14. The average molecular weight is 469 g/mol. The number of benzene rings is 2. The fraction of sp³-hybridized carbons (Fsp3) is 0.320. The molecule has 0 unspecified atom stereocenters. The standard InChI is InChI=1S/C25H25ClN2O3S/c26-21-13-11-19(12-14-21)22-17-32-25(27-22)28(15-18-7-3-1-4-8-18)23(29)16-31-24(30)20-9-5-2-6-10-20/h1,3-4,7-8,11-14,17,20H,2,5-6,9-10,15-16H2. The van der Waals surface area contributed by atoms with Crippen molar-refractivity contribution in [3.8, 4) is 11.3 Å². The summed E-state index contributed by atoms with van der Waals surface area (Å²) in [5.74, 6) is -0.635. The summed E-state index contributed by atoms with van der Waals surface area (Å²) < 4.78 is 5.42. The maximum atomic E-state index is 13.1. The Kier molecular flexibility index (Phi) is 7.55. The fourth-order valence-corrected chi connectivity index (χ4v) is 4.81. The van der Waals surface area contributed by atoms with E-state index in [0.717, 1.165) is 48.9 Å². The van der Waals surface area contributed by atoms with Gasteiger partial charge in [0.2, 0.25) is 0 Å². The van der Waals surface area contributed by atoms with E-state index >= 15 is 0 Å². The molecule has 1 aliphatic rings. The molecule has 3 aromatic rings. The van der Waals surface area contributed by atoms with Crippen LogP contribution in [0.2, 0.25) is 5.02 Å². The Bertz CT molecular complexity index is 1050. The largest absolute Gasteiger partial charge is 0.455 e.